The van der Waals surface area contributed by atoms with Crippen LogP contribution in [0.5, 0.6) is 0 Å². The number of amides is 2. The summed E-state index contributed by atoms with van der Waals surface area (Å²) in [6.07, 6.45) is 6.65. The van der Waals surface area contributed by atoms with Crippen molar-refractivity contribution in [1.29, 1.82) is 0 Å². The molecule has 3 rings (SSSR count). The second-order valence-electron chi connectivity index (χ2n) is 7.82. The summed E-state index contributed by atoms with van der Waals surface area (Å²) in [5.41, 5.74) is 0. The molecule has 3 heterocycles. The fourth-order valence-corrected chi connectivity index (χ4v) is 3.94. The minimum atomic E-state index is 0.0945. The van der Waals surface area contributed by atoms with Crippen LogP contribution in [0.4, 0.5) is 4.79 Å². The number of hydrogen-bond acceptors (Lipinski definition) is 4. The maximum absolute atomic E-state index is 12.6. The summed E-state index contributed by atoms with van der Waals surface area (Å²) < 4.78 is 1.95. The van der Waals surface area contributed by atoms with Gasteiger partial charge in [0.25, 0.3) is 0 Å². The largest absolute Gasteiger partial charge is 0.333 e. The number of hydrogen-bond donors (Lipinski definition) is 1. The normalized spacial score (nSPS) is 21.4. The number of carbonyl (C=O) groups excluding carboxylic acids is 1. The quantitative estimate of drug-likeness (QED) is 0.879. The van der Waals surface area contributed by atoms with Gasteiger partial charge in [0.1, 0.15) is 11.6 Å². The van der Waals surface area contributed by atoms with Gasteiger partial charge in [-0.1, -0.05) is 0 Å². The molecule has 1 atom stereocenters. The third kappa shape index (κ3) is 4.93. The van der Waals surface area contributed by atoms with E-state index in [1.807, 2.05) is 16.5 Å². The van der Waals surface area contributed by atoms with Gasteiger partial charge in [0.15, 0.2) is 0 Å². The molecule has 0 aliphatic carbocycles. The molecular weight excluding hydrogens is 316 g/mol. The predicted octanol–water partition coefficient (Wildman–Crippen LogP) is 1.66. The first-order chi connectivity index (χ1) is 12.0. The number of nitrogens with zero attached hydrogens (tertiary/aromatic N) is 5. The van der Waals surface area contributed by atoms with Crippen molar-refractivity contribution in [3.63, 3.8) is 0 Å². The van der Waals surface area contributed by atoms with Crippen LogP contribution in [0.2, 0.25) is 0 Å². The van der Waals surface area contributed by atoms with Crippen LogP contribution in [-0.2, 0) is 13.0 Å². The van der Waals surface area contributed by atoms with Gasteiger partial charge in [0, 0.05) is 19.5 Å². The van der Waals surface area contributed by atoms with E-state index < -0.39 is 0 Å². The third-order valence-corrected chi connectivity index (χ3v) is 5.41. The molecule has 25 heavy (non-hydrogen) atoms. The van der Waals surface area contributed by atoms with Crippen LogP contribution < -0.4 is 5.32 Å². The van der Waals surface area contributed by atoms with Crippen LogP contribution >= 0.6 is 0 Å². The van der Waals surface area contributed by atoms with Crippen LogP contribution in [0.25, 0.3) is 0 Å². The molecular formula is C18H32N6O. The van der Waals surface area contributed by atoms with E-state index in [1.54, 1.807) is 0 Å². The first-order valence-corrected chi connectivity index (χ1v) is 9.61. The zero-order chi connectivity index (χ0) is 17.8. The van der Waals surface area contributed by atoms with Gasteiger partial charge in [-0.15, -0.1) is 0 Å². The second-order valence-corrected chi connectivity index (χ2v) is 7.82. The van der Waals surface area contributed by atoms with Crippen LogP contribution in [0.15, 0.2) is 0 Å². The van der Waals surface area contributed by atoms with Crippen LogP contribution in [0.1, 0.15) is 43.8 Å². The van der Waals surface area contributed by atoms with Crippen LogP contribution in [0.3, 0.4) is 0 Å². The lowest BCUT2D eigenvalue weighted by Gasteiger charge is -2.34. The van der Waals surface area contributed by atoms with Crippen LogP contribution in [-0.4, -0.2) is 70.4 Å². The Morgan fingerprint density at radius 3 is 2.76 bits per heavy atom. The van der Waals surface area contributed by atoms with Crippen molar-refractivity contribution in [1.82, 2.24) is 29.9 Å². The molecule has 0 aromatic carbocycles. The Hall–Kier alpha value is -1.63. The maximum Gasteiger partial charge on any atom is 0.317 e. The number of nitrogens with one attached hydrogen (secondary N) is 1. The number of likely N-dealkylation sites (tertiary alicyclic amines) is 1. The predicted molar refractivity (Wildman–Crippen MR) is 97.5 cm³/mol. The van der Waals surface area contributed by atoms with Gasteiger partial charge in [0.05, 0.1) is 12.6 Å². The van der Waals surface area contributed by atoms with Crippen molar-refractivity contribution in [2.24, 2.45) is 5.92 Å². The molecule has 1 aromatic rings. The molecule has 7 heteroatoms. The zero-order valence-corrected chi connectivity index (χ0v) is 15.9. The van der Waals surface area contributed by atoms with Crippen molar-refractivity contribution < 1.29 is 4.79 Å². The monoisotopic (exact) mass is 348 g/mol. The highest BCUT2D eigenvalue weighted by Crippen LogP contribution is 2.22. The molecule has 140 valence electrons. The van der Waals surface area contributed by atoms with E-state index in [0.29, 0.717) is 0 Å². The van der Waals surface area contributed by atoms with E-state index in [0.717, 1.165) is 69.4 Å². The molecule has 0 bridgehead atoms. The summed E-state index contributed by atoms with van der Waals surface area (Å²) >= 11 is 0. The Bertz CT molecular complexity index is 576. The highest BCUT2D eigenvalue weighted by atomic mass is 16.2. The van der Waals surface area contributed by atoms with Crippen molar-refractivity contribution in [3.8, 4) is 0 Å². The lowest BCUT2D eigenvalue weighted by atomic mass is 9.92. The first-order valence-electron chi connectivity index (χ1n) is 9.61. The summed E-state index contributed by atoms with van der Waals surface area (Å²) in [4.78, 5) is 21.2. The van der Waals surface area contributed by atoms with E-state index in [2.05, 4.69) is 34.4 Å². The molecule has 0 saturated carbocycles. The zero-order valence-electron chi connectivity index (χ0n) is 15.9. The summed E-state index contributed by atoms with van der Waals surface area (Å²) in [7, 11) is 4.25. The third-order valence-electron chi connectivity index (χ3n) is 5.41. The number of carbonyl (C=O) groups is 1. The highest BCUT2D eigenvalue weighted by Gasteiger charge is 2.26. The minimum absolute atomic E-state index is 0.0945. The van der Waals surface area contributed by atoms with E-state index in [1.165, 1.54) is 12.8 Å². The van der Waals surface area contributed by atoms with Crippen molar-refractivity contribution in [2.45, 2.75) is 58.0 Å². The molecule has 1 saturated heterocycles. The Labute approximate surface area is 150 Å². The maximum atomic E-state index is 12.6. The Kier molecular flexibility index (Phi) is 5.93. The summed E-state index contributed by atoms with van der Waals surface area (Å²) in [5.74, 6) is 2.64. The number of aromatic nitrogens is 3. The Morgan fingerprint density at radius 1 is 1.28 bits per heavy atom. The topological polar surface area (TPSA) is 66.3 Å². The van der Waals surface area contributed by atoms with Gasteiger partial charge in [-0.2, -0.15) is 5.10 Å². The summed E-state index contributed by atoms with van der Waals surface area (Å²) in [6.45, 7) is 5.59. The molecule has 2 aliphatic rings. The van der Waals surface area contributed by atoms with E-state index >= 15 is 0 Å². The Balaban J connectivity index is 1.40. The van der Waals surface area contributed by atoms with Gasteiger partial charge in [-0.25, -0.2) is 14.5 Å². The lowest BCUT2D eigenvalue weighted by Crippen LogP contribution is -2.50. The standard InChI is InChI=1S/C18H32N6O/c1-14-19-17-7-6-16(13-24(17)21-14)20-18(25)23-11-8-15(9-12-23)5-4-10-22(2)3/h15-16H,4-13H2,1-3H3,(H,20,25)/t16-/m1/s1. The van der Waals surface area contributed by atoms with Gasteiger partial charge >= 0.3 is 6.03 Å². The molecule has 2 aliphatic heterocycles. The number of rotatable bonds is 5. The van der Waals surface area contributed by atoms with Crippen molar-refractivity contribution >= 4 is 6.03 Å². The number of piperidine rings is 1. The summed E-state index contributed by atoms with van der Waals surface area (Å²) in [5, 5.41) is 7.61. The van der Waals surface area contributed by atoms with Crippen LogP contribution in [0, 0.1) is 12.8 Å². The molecule has 1 fully saturated rings. The molecule has 7 nitrogen and oxygen atoms in total. The Morgan fingerprint density at radius 2 is 2.04 bits per heavy atom. The molecule has 0 spiro atoms. The van der Waals surface area contributed by atoms with Gasteiger partial charge in [-0.3, -0.25) is 0 Å². The smallest absolute Gasteiger partial charge is 0.317 e. The molecule has 0 unspecified atom stereocenters. The molecule has 2 amide bonds. The van der Waals surface area contributed by atoms with Crippen molar-refractivity contribution in [2.75, 3.05) is 33.7 Å². The van der Waals surface area contributed by atoms with Gasteiger partial charge in [-0.05, 0) is 65.6 Å². The second kappa shape index (κ2) is 8.17. The highest BCUT2D eigenvalue weighted by molar-refractivity contribution is 5.74. The fraction of sp³-hybridized carbons (Fsp3) is 0.833. The van der Waals surface area contributed by atoms with E-state index in [-0.39, 0.29) is 12.1 Å². The number of aryl methyl sites for hydroxylation is 2. The molecule has 0 radical (unpaired) electrons. The lowest BCUT2D eigenvalue weighted by molar-refractivity contribution is 0.160. The SMILES string of the molecule is Cc1nc2n(n1)C[C@H](NC(=O)N1CCC(CCCN(C)C)CC1)CC2. The number of urea groups is 1. The van der Waals surface area contributed by atoms with Gasteiger partial charge in [0.2, 0.25) is 0 Å². The summed E-state index contributed by atoms with van der Waals surface area (Å²) in [6, 6.07) is 0.260. The fourth-order valence-electron chi connectivity index (χ4n) is 3.94. The first kappa shape index (κ1) is 18.2. The van der Waals surface area contributed by atoms with E-state index in [9.17, 15) is 4.79 Å². The number of fused-ring (bicyclic) bond motifs is 1. The van der Waals surface area contributed by atoms with Crippen molar-refractivity contribution in [3.05, 3.63) is 11.6 Å². The van der Waals surface area contributed by atoms with Gasteiger partial charge < -0.3 is 15.1 Å². The average Bonchev–Trinajstić information content (AvgIpc) is 2.94. The molecule has 1 N–H and O–H groups in total. The average molecular weight is 348 g/mol. The molecule has 1 aromatic heterocycles. The minimum Gasteiger partial charge on any atom is -0.333 e. The van der Waals surface area contributed by atoms with E-state index in [4.69, 9.17) is 0 Å².